The second-order valence-corrected chi connectivity index (χ2v) is 4.80. The second kappa shape index (κ2) is 6.23. The number of benzene rings is 2. The molecule has 0 spiro atoms. The minimum atomic E-state index is -0.720. The lowest BCUT2D eigenvalue weighted by atomic mass is 9.93. The van der Waals surface area contributed by atoms with Gasteiger partial charge in [0, 0.05) is 6.54 Å². The highest BCUT2D eigenvalue weighted by Crippen LogP contribution is 2.23. The van der Waals surface area contributed by atoms with E-state index in [-0.39, 0.29) is 0 Å². The summed E-state index contributed by atoms with van der Waals surface area (Å²) in [7, 11) is 1.63. The van der Waals surface area contributed by atoms with E-state index in [1.165, 1.54) is 0 Å². The minimum Gasteiger partial charge on any atom is -0.497 e. The predicted octanol–water partition coefficient (Wildman–Crippen LogP) is 3.22. The lowest BCUT2D eigenvalue weighted by Gasteiger charge is -2.24. The number of rotatable bonds is 5. The molecule has 3 heteroatoms. The molecule has 0 amide bonds. The fourth-order valence-electron chi connectivity index (χ4n) is 2.01. The van der Waals surface area contributed by atoms with Crippen LogP contribution in [0.25, 0.3) is 0 Å². The zero-order chi connectivity index (χ0) is 14.4. The van der Waals surface area contributed by atoms with E-state index in [0.717, 1.165) is 16.9 Å². The van der Waals surface area contributed by atoms with E-state index in [9.17, 15) is 5.26 Å². The Morgan fingerprint density at radius 3 is 2.30 bits per heavy atom. The molecule has 2 aromatic carbocycles. The van der Waals surface area contributed by atoms with E-state index in [4.69, 9.17) is 4.74 Å². The maximum absolute atomic E-state index is 9.50. The number of methoxy groups -OCH3 is 1. The molecule has 0 aliphatic heterocycles. The standard InChI is InChI=1S/C17H18N2O/c1-17(13-18,15-8-10-16(20-2)11-9-15)19-12-14-6-4-3-5-7-14/h3-11,19H,12H2,1-2H3. The molecule has 3 nitrogen and oxygen atoms in total. The Bertz CT molecular complexity index is 587. The average molecular weight is 266 g/mol. The Morgan fingerprint density at radius 1 is 1.10 bits per heavy atom. The van der Waals surface area contributed by atoms with Crippen LogP contribution in [0.2, 0.25) is 0 Å². The minimum absolute atomic E-state index is 0.650. The normalized spacial score (nSPS) is 13.2. The highest BCUT2D eigenvalue weighted by atomic mass is 16.5. The van der Waals surface area contributed by atoms with E-state index in [1.54, 1.807) is 7.11 Å². The summed E-state index contributed by atoms with van der Waals surface area (Å²) in [5, 5.41) is 12.8. The third-order valence-corrected chi connectivity index (χ3v) is 3.38. The first kappa shape index (κ1) is 14.1. The second-order valence-electron chi connectivity index (χ2n) is 4.80. The fourth-order valence-corrected chi connectivity index (χ4v) is 2.01. The van der Waals surface area contributed by atoms with E-state index in [0.29, 0.717) is 6.54 Å². The lowest BCUT2D eigenvalue weighted by molar-refractivity contribution is 0.413. The molecule has 0 saturated heterocycles. The summed E-state index contributed by atoms with van der Waals surface area (Å²) in [6.07, 6.45) is 0. The molecule has 102 valence electrons. The van der Waals surface area contributed by atoms with E-state index in [2.05, 4.69) is 11.4 Å². The third-order valence-electron chi connectivity index (χ3n) is 3.38. The van der Waals surface area contributed by atoms with Crippen LogP contribution in [0.5, 0.6) is 5.75 Å². The van der Waals surface area contributed by atoms with Crippen molar-refractivity contribution in [3.8, 4) is 11.8 Å². The van der Waals surface area contributed by atoms with Gasteiger partial charge in [-0.25, -0.2) is 0 Å². The maximum atomic E-state index is 9.50. The number of nitrogens with one attached hydrogen (secondary N) is 1. The van der Waals surface area contributed by atoms with Crippen LogP contribution in [0.15, 0.2) is 54.6 Å². The van der Waals surface area contributed by atoms with Gasteiger partial charge in [0.15, 0.2) is 0 Å². The van der Waals surface area contributed by atoms with Gasteiger partial charge < -0.3 is 4.74 Å². The van der Waals surface area contributed by atoms with Crippen molar-refractivity contribution in [3.63, 3.8) is 0 Å². The first-order valence-corrected chi connectivity index (χ1v) is 6.53. The highest BCUT2D eigenvalue weighted by molar-refractivity contribution is 5.35. The zero-order valence-corrected chi connectivity index (χ0v) is 11.8. The Hall–Kier alpha value is -2.31. The summed E-state index contributed by atoms with van der Waals surface area (Å²) in [6, 6.07) is 20.0. The predicted molar refractivity (Wildman–Crippen MR) is 79.2 cm³/mol. The number of ether oxygens (including phenoxy) is 1. The van der Waals surface area contributed by atoms with Gasteiger partial charge in [0.05, 0.1) is 13.2 Å². The Balaban J connectivity index is 2.14. The van der Waals surface area contributed by atoms with Crippen molar-refractivity contribution in [2.24, 2.45) is 0 Å². The molecular formula is C17H18N2O. The van der Waals surface area contributed by atoms with Gasteiger partial charge in [0.25, 0.3) is 0 Å². The number of nitriles is 1. The molecule has 20 heavy (non-hydrogen) atoms. The number of nitrogens with zero attached hydrogens (tertiary/aromatic N) is 1. The van der Waals surface area contributed by atoms with Gasteiger partial charge >= 0.3 is 0 Å². The molecule has 0 aromatic heterocycles. The Kier molecular flexibility index (Phi) is 4.39. The largest absolute Gasteiger partial charge is 0.497 e. The van der Waals surface area contributed by atoms with Crippen molar-refractivity contribution in [1.82, 2.24) is 5.32 Å². The first-order chi connectivity index (χ1) is 9.68. The summed E-state index contributed by atoms with van der Waals surface area (Å²) in [6.45, 7) is 2.54. The molecule has 0 aliphatic rings. The topological polar surface area (TPSA) is 45.0 Å². The molecule has 0 aliphatic carbocycles. The van der Waals surface area contributed by atoms with Crippen molar-refractivity contribution >= 4 is 0 Å². The van der Waals surface area contributed by atoms with Crippen molar-refractivity contribution in [2.45, 2.75) is 19.0 Å². The van der Waals surface area contributed by atoms with Crippen molar-refractivity contribution in [2.75, 3.05) is 7.11 Å². The van der Waals surface area contributed by atoms with Crippen LogP contribution in [0.3, 0.4) is 0 Å². The third kappa shape index (κ3) is 3.17. The molecule has 2 aromatic rings. The first-order valence-electron chi connectivity index (χ1n) is 6.53. The van der Waals surface area contributed by atoms with Gasteiger partial charge in [-0.05, 0) is 30.2 Å². The molecule has 0 bridgehead atoms. The van der Waals surface area contributed by atoms with Gasteiger partial charge in [-0.2, -0.15) is 5.26 Å². The van der Waals surface area contributed by atoms with Crippen LogP contribution in [-0.2, 0) is 12.1 Å². The van der Waals surface area contributed by atoms with Crippen molar-refractivity contribution < 1.29 is 4.74 Å². The number of hydrogen-bond donors (Lipinski definition) is 1. The fraction of sp³-hybridized carbons (Fsp3) is 0.235. The van der Waals surface area contributed by atoms with E-state index >= 15 is 0 Å². The van der Waals surface area contributed by atoms with Gasteiger partial charge in [-0.15, -0.1) is 0 Å². The van der Waals surface area contributed by atoms with Crippen LogP contribution in [-0.4, -0.2) is 7.11 Å². The average Bonchev–Trinajstić information content (AvgIpc) is 2.53. The molecule has 1 N–H and O–H groups in total. The maximum Gasteiger partial charge on any atom is 0.129 e. The molecule has 1 atom stereocenters. The van der Waals surface area contributed by atoms with Crippen LogP contribution in [0, 0.1) is 11.3 Å². The van der Waals surface area contributed by atoms with Crippen LogP contribution < -0.4 is 10.1 Å². The van der Waals surface area contributed by atoms with Gasteiger partial charge in [-0.1, -0.05) is 42.5 Å². The molecule has 0 radical (unpaired) electrons. The van der Waals surface area contributed by atoms with Crippen LogP contribution >= 0.6 is 0 Å². The molecule has 1 unspecified atom stereocenters. The van der Waals surface area contributed by atoms with Gasteiger partial charge in [0.1, 0.15) is 11.3 Å². The van der Waals surface area contributed by atoms with Crippen LogP contribution in [0.1, 0.15) is 18.1 Å². The summed E-state index contributed by atoms with van der Waals surface area (Å²) in [5.74, 6) is 0.789. The summed E-state index contributed by atoms with van der Waals surface area (Å²) in [5.41, 5.74) is 1.36. The van der Waals surface area contributed by atoms with Crippen molar-refractivity contribution in [1.29, 1.82) is 5.26 Å². The van der Waals surface area contributed by atoms with Crippen LogP contribution in [0.4, 0.5) is 0 Å². The Morgan fingerprint density at radius 2 is 1.75 bits per heavy atom. The van der Waals surface area contributed by atoms with E-state index in [1.807, 2.05) is 61.5 Å². The molecular weight excluding hydrogens is 248 g/mol. The van der Waals surface area contributed by atoms with Crippen molar-refractivity contribution in [3.05, 3.63) is 65.7 Å². The molecule has 0 fully saturated rings. The van der Waals surface area contributed by atoms with E-state index < -0.39 is 5.54 Å². The molecule has 0 saturated carbocycles. The highest BCUT2D eigenvalue weighted by Gasteiger charge is 2.25. The van der Waals surface area contributed by atoms with Gasteiger partial charge in [0.2, 0.25) is 0 Å². The summed E-state index contributed by atoms with van der Waals surface area (Å²) >= 11 is 0. The zero-order valence-electron chi connectivity index (χ0n) is 11.8. The number of hydrogen-bond acceptors (Lipinski definition) is 3. The smallest absolute Gasteiger partial charge is 0.129 e. The quantitative estimate of drug-likeness (QED) is 0.903. The Labute approximate surface area is 119 Å². The summed E-state index contributed by atoms with van der Waals surface area (Å²) < 4.78 is 5.14. The lowest BCUT2D eigenvalue weighted by Crippen LogP contribution is -2.37. The van der Waals surface area contributed by atoms with Gasteiger partial charge in [-0.3, -0.25) is 5.32 Å². The molecule has 2 rings (SSSR count). The monoisotopic (exact) mass is 266 g/mol. The summed E-state index contributed by atoms with van der Waals surface area (Å²) in [4.78, 5) is 0. The SMILES string of the molecule is COc1ccc(C(C)(C#N)NCc2ccccc2)cc1. The molecule has 0 heterocycles.